The van der Waals surface area contributed by atoms with Gasteiger partial charge in [-0.05, 0) is 36.8 Å². The van der Waals surface area contributed by atoms with Crippen LogP contribution in [0.5, 0.6) is 11.5 Å². The Bertz CT molecular complexity index is 542. The quantitative estimate of drug-likeness (QED) is 0.869. The summed E-state index contributed by atoms with van der Waals surface area (Å²) in [5, 5.41) is 0. The number of para-hydroxylation sites is 2. The molecule has 3 nitrogen and oxygen atoms in total. The Morgan fingerprint density at radius 1 is 1.05 bits per heavy atom. The molecule has 0 heterocycles. The van der Waals surface area contributed by atoms with Crippen molar-refractivity contribution in [3.8, 4) is 11.5 Å². The molecule has 0 bridgehead atoms. The van der Waals surface area contributed by atoms with E-state index >= 15 is 0 Å². The lowest BCUT2D eigenvalue weighted by Gasteiger charge is -2.20. The molecule has 0 amide bonds. The van der Waals surface area contributed by atoms with Gasteiger partial charge < -0.3 is 15.2 Å². The lowest BCUT2D eigenvalue weighted by Crippen LogP contribution is -2.18. The van der Waals surface area contributed by atoms with Gasteiger partial charge in [0.25, 0.3) is 0 Å². The van der Waals surface area contributed by atoms with E-state index < -0.39 is 0 Å². The van der Waals surface area contributed by atoms with Crippen LogP contribution in [0.3, 0.4) is 0 Å². The molecule has 0 saturated carbocycles. The first-order valence-corrected chi connectivity index (χ1v) is 7.38. The minimum absolute atomic E-state index is 0.190. The van der Waals surface area contributed by atoms with Gasteiger partial charge >= 0.3 is 0 Å². The van der Waals surface area contributed by atoms with Crippen molar-refractivity contribution in [2.45, 2.75) is 13.0 Å². The Kier molecular flexibility index (Phi) is 5.44. The van der Waals surface area contributed by atoms with Crippen molar-refractivity contribution < 1.29 is 9.47 Å². The summed E-state index contributed by atoms with van der Waals surface area (Å²) in [5.74, 6) is 1.46. The summed E-state index contributed by atoms with van der Waals surface area (Å²) in [6.45, 7) is 2.96. The predicted molar refractivity (Wildman–Crippen MR) is 84.2 cm³/mol. The van der Waals surface area contributed by atoms with E-state index in [0.717, 1.165) is 15.8 Å². The molecule has 1 unspecified atom stereocenters. The molecule has 2 aromatic rings. The Labute approximate surface area is 127 Å². The van der Waals surface area contributed by atoms with E-state index in [0.29, 0.717) is 18.9 Å². The zero-order valence-corrected chi connectivity index (χ0v) is 13.0. The molecule has 106 valence electrons. The monoisotopic (exact) mass is 335 g/mol. The number of ether oxygens (including phenoxy) is 2. The van der Waals surface area contributed by atoms with Gasteiger partial charge in [0.1, 0.15) is 6.10 Å². The highest BCUT2D eigenvalue weighted by molar-refractivity contribution is 9.10. The number of halogens is 1. The van der Waals surface area contributed by atoms with E-state index in [9.17, 15) is 0 Å². The first kappa shape index (κ1) is 14.9. The molecule has 20 heavy (non-hydrogen) atoms. The van der Waals surface area contributed by atoms with Crippen LogP contribution < -0.4 is 15.2 Å². The molecule has 0 aromatic heterocycles. The molecular weight excluding hydrogens is 318 g/mol. The zero-order chi connectivity index (χ0) is 14.4. The van der Waals surface area contributed by atoms with Crippen LogP contribution in [0.15, 0.2) is 53.0 Å². The van der Waals surface area contributed by atoms with Crippen molar-refractivity contribution in [2.24, 2.45) is 5.73 Å². The van der Waals surface area contributed by atoms with Gasteiger partial charge in [-0.15, -0.1) is 0 Å². The maximum absolute atomic E-state index is 6.01. The summed E-state index contributed by atoms with van der Waals surface area (Å²) in [6, 6.07) is 15.6. The second kappa shape index (κ2) is 7.31. The van der Waals surface area contributed by atoms with Crippen LogP contribution in [0.25, 0.3) is 0 Å². The number of hydrogen-bond acceptors (Lipinski definition) is 3. The second-order valence-corrected chi connectivity index (χ2v) is 5.19. The summed E-state index contributed by atoms with van der Waals surface area (Å²) < 4.78 is 12.6. The molecule has 4 heteroatoms. The van der Waals surface area contributed by atoms with E-state index in [1.807, 2.05) is 55.5 Å². The van der Waals surface area contributed by atoms with Crippen LogP contribution in [-0.2, 0) is 0 Å². The summed E-state index contributed by atoms with van der Waals surface area (Å²) in [6.07, 6.45) is -0.190. The number of benzene rings is 2. The van der Waals surface area contributed by atoms with Gasteiger partial charge in [0.05, 0.1) is 6.61 Å². The van der Waals surface area contributed by atoms with Crippen LogP contribution in [0.2, 0.25) is 0 Å². The normalized spacial score (nSPS) is 11.9. The van der Waals surface area contributed by atoms with E-state index in [1.54, 1.807) is 0 Å². The molecule has 0 aliphatic rings. The SMILES string of the molecule is CCOc1ccccc1OC(CN)c1ccc(Br)cc1. The van der Waals surface area contributed by atoms with Crippen LogP contribution in [0.4, 0.5) is 0 Å². The maximum atomic E-state index is 6.01. The average Bonchev–Trinajstić information content (AvgIpc) is 2.48. The molecule has 2 aromatic carbocycles. The minimum atomic E-state index is -0.190. The van der Waals surface area contributed by atoms with Gasteiger partial charge in [0.2, 0.25) is 0 Å². The smallest absolute Gasteiger partial charge is 0.162 e. The summed E-state index contributed by atoms with van der Waals surface area (Å²) in [7, 11) is 0. The molecule has 0 fully saturated rings. The molecule has 0 saturated heterocycles. The van der Waals surface area contributed by atoms with E-state index in [-0.39, 0.29) is 6.10 Å². The number of nitrogens with two attached hydrogens (primary N) is 1. The molecule has 2 N–H and O–H groups in total. The summed E-state index contributed by atoms with van der Waals surface area (Å²) in [5.41, 5.74) is 6.88. The molecule has 2 rings (SSSR count). The van der Waals surface area contributed by atoms with Gasteiger partial charge in [-0.3, -0.25) is 0 Å². The highest BCUT2D eigenvalue weighted by atomic mass is 79.9. The Hall–Kier alpha value is -1.52. The van der Waals surface area contributed by atoms with Gasteiger partial charge in [-0.1, -0.05) is 40.2 Å². The third-order valence-electron chi connectivity index (χ3n) is 2.87. The van der Waals surface area contributed by atoms with E-state index in [2.05, 4.69) is 15.9 Å². The third-order valence-corrected chi connectivity index (χ3v) is 3.40. The fourth-order valence-electron chi connectivity index (χ4n) is 1.91. The molecule has 0 spiro atoms. The lowest BCUT2D eigenvalue weighted by molar-refractivity contribution is 0.200. The van der Waals surface area contributed by atoms with Gasteiger partial charge in [0, 0.05) is 11.0 Å². The lowest BCUT2D eigenvalue weighted by atomic mass is 10.1. The van der Waals surface area contributed by atoms with Crippen LogP contribution in [0.1, 0.15) is 18.6 Å². The average molecular weight is 336 g/mol. The predicted octanol–water partition coefficient (Wildman–Crippen LogP) is 3.93. The first-order valence-electron chi connectivity index (χ1n) is 6.58. The van der Waals surface area contributed by atoms with Gasteiger partial charge in [-0.2, -0.15) is 0 Å². The standard InChI is InChI=1S/C16H18BrNO2/c1-2-19-14-5-3-4-6-15(14)20-16(11-18)12-7-9-13(17)10-8-12/h3-10,16H,2,11,18H2,1H3. The van der Waals surface area contributed by atoms with Gasteiger partial charge in [-0.25, -0.2) is 0 Å². The van der Waals surface area contributed by atoms with Crippen molar-refractivity contribution in [1.29, 1.82) is 0 Å². The van der Waals surface area contributed by atoms with Crippen LogP contribution in [0, 0.1) is 0 Å². The fraction of sp³-hybridized carbons (Fsp3) is 0.250. The first-order chi connectivity index (χ1) is 9.74. The Morgan fingerprint density at radius 3 is 2.30 bits per heavy atom. The molecule has 1 atom stereocenters. The molecular formula is C16H18BrNO2. The zero-order valence-electron chi connectivity index (χ0n) is 11.4. The van der Waals surface area contributed by atoms with Crippen molar-refractivity contribution in [3.05, 3.63) is 58.6 Å². The molecule has 0 aliphatic carbocycles. The summed E-state index contributed by atoms with van der Waals surface area (Å²) >= 11 is 3.42. The maximum Gasteiger partial charge on any atom is 0.162 e. The van der Waals surface area contributed by atoms with Crippen LogP contribution in [-0.4, -0.2) is 13.2 Å². The van der Waals surface area contributed by atoms with Crippen molar-refractivity contribution in [2.75, 3.05) is 13.2 Å². The second-order valence-electron chi connectivity index (χ2n) is 4.27. The Morgan fingerprint density at radius 2 is 1.70 bits per heavy atom. The third kappa shape index (κ3) is 3.74. The number of rotatable bonds is 6. The van der Waals surface area contributed by atoms with E-state index in [4.69, 9.17) is 15.2 Å². The van der Waals surface area contributed by atoms with E-state index in [1.165, 1.54) is 0 Å². The minimum Gasteiger partial charge on any atom is -0.490 e. The van der Waals surface area contributed by atoms with Crippen molar-refractivity contribution in [3.63, 3.8) is 0 Å². The number of hydrogen-bond donors (Lipinski definition) is 1. The largest absolute Gasteiger partial charge is 0.490 e. The topological polar surface area (TPSA) is 44.5 Å². The fourth-order valence-corrected chi connectivity index (χ4v) is 2.17. The molecule has 0 aliphatic heterocycles. The van der Waals surface area contributed by atoms with Crippen LogP contribution >= 0.6 is 15.9 Å². The highest BCUT2D eigenvalue weighted by Gasteiger charge is 2.14. The van der Waals surface area contributed by atoms with Crippen molar-refractivity contribution in [1.82, 2.24) is 0 Å². The Balaban J connectivity index is 2.20. The van der Waals surface area contributed by atoms with Gasteiger partial charge in [0.15, 0.2) is 11.5 Å². The highest BCUT2D eigenvalue weighted by Crippen LogP contribution is 2.31. The summed E-state index contributed by atoms with van der Waals surface area (Å²) in [4.78, 5) is 0. The molecule has 0 radical (unpaired) electrons. The van der Waals surface area contributed by atoms with Crippen molar-refractivity contribution >= 4 is 15.9 Å².